The molecule has 0 bridgehead atoms. The predicted octanol–water partition coefficient (Wildman–Crippen LogP) is 3.66. The Morgan fingerprint density at radius 2 is 2.16 bits per heavy atom. The minimum Gasteiger partial charge on any atom is -0.462 e. The molecule has 0 fully saturated rings. The second-order valence-corrected chi connectivity index (χ2v) is 4.78. The lowest BCUT2D eigenvalue weighted by molar-refractivity contribution is -0.276. The molecule has 0 aliphatic heterocycles. The zero-order chi connectivity index (χ0) is 14.6. The molecule has 9 heteroatoms. The predicted molar refractivity (Wildman–Crippen MR) is 72.2 cm³/mol. The molecule has 0 aliphatic rings. The number of hydrogen-bond acceptors (Lipinski definition) is 4. The number of rotatable bonds is 4. The van der Waals surface area contributed by atoms with Crippen LogP contribution in [-0.2, 0) is 10.1 Å². The van der Waals surface area contributed by atoms with Crippen molar-refractivity contribution in [2.45, 2.75) is 18.6 Å². The Morgan fingerprint density at radius 1 is 1.53 bits per heavy atom. The van der Waals surface area contributed by atoms with E-state index in [1.54, 1.807) is 29.5 Å². The van der Waals surface area contributed by atoms with E-state index >= 15 is 0 Å². The first-order valence-electron chi connectivity index (χ1n) is 4.96. The second-order valence-electron chi connectivity index (χ2n) is 3.19. The van der Waals surface area contributed by atoms with Crippen LogP contribution in [-0.4, -0.2) is 23.9 Å². The minimum atomic E-state index is -4.92. The normalized spacial score (nSPS) is 11.3. The van der Waals surface area contributed by atoms with Crippen molar-refractivity contribution in [3.63, 3.8) is 0 Å². The summed E-state index contributed by atoms with van der Waals surface area (Å²) in [6.07, 6.45) is -4.92. The van der Waals surface area contributed by atoms with Gasteiger partial charge in [-0.25, -0.2) is 9.78 Å². The van der Waals surface area contributed by atoms with Crippen LogP contribution in [0.3, 0.4) is 0 Å². The molecule has 19 heavy (non-hydrogen) atoms. The number of ether oxygens (including phenoxy) is 2. The molecule has 0 N–H and O–H groups in total. The number of alkyl halides is 4. The molecule has 0 saturated carbocycles. The van der Waals surface area contributed by atoms with Crippen LogP contribution in [0.5, 0.6) is 5.88 Å². The summed E-state index contributed by atoms with van der Waals surface area (Å²) in [6.45, 7) is 1.59. The molecule has 0 aliphatic carbocycles. The van der Waals surface area contributed by atoms with Gasteiger partial charge in [0, 0.05) is 5.33 Å². The van der Waals surface area contributed by atoms with E-state index in [2.05, 4.69) is 30.4 Å². The molecule has 4 nitrogen and oxygen atoms in total. The summed E-state index contributed by atoms with van der Waals surface area (Å²) in [7, 11) is 0. The SMILES string of the molecule is CCOC(=O)c1cc(CBr)c(I)nc1OC(F)(F)F. The van der Waals surface area contributed by atoms with E-state index in [0.29, 0.717) is 14.6 Å². The summed E-state index contributed by atoms with van der Waals surface area (Å²) < 4.78 is 45.5. The Hall–Kier alpha value is -0.580. The van der Waals surface area contributed by atoms with E-state index in [-0.39, 0.29) is 12.2 Å². The van der Waals surface area contributed by atoms with E-state index in [0.717, 1.165) is 0 Å². The van der Waals surface area contributed by atoms with Crippen molar-refractivity contribution in [3.05, 3.63) is 20.9 Å². The first kappa shape index (κ1) is 16.5. The molecule has 1 aromatic rings. The molecule has 0 amide bonds. The van der Waals surface area contributed by atoms with Gasteiger partial charge in [-0.1, -0.05) is 15.9 Å². The lowest BCUT2D eigenvalue weighted by atomic mass is 10.2. The van der Waals surface area contributed by atoms with Gasteiger partial charge in [0.25, 0.3) is 0 Å². The van der Waals surface area contributed by atoms with Gasteiger partial charge in [-0.15, -0.1) is 13.2 Å². The number of esters is 1. The Bertz CT molecular complexity index is 482. The highest BCUT2D eigenvalue weighted by Gasteiger charge is 2.34. The summed E-state index contributed by atoms with van der Waals surface area (Å²) >= 11 is 4.92. The van der Waals surface area contributed by atoms with Gasteiger partial charge in [-0.05, 0) is 41.1 Å². The number of nitrogens with zero attached hydrogens (tertiary/aromatic N) is 1. The molecule has 0 radical (unpaired) electrons. The summed E-state index contributed by atoms with van der Waals surface area (Å²) in [5, 5.41) is 0.344. The number of aromatic nitrogens is 1. The van der Waals surface area contributed by atoms with Gasteiger partial charge >= 0.3 is 12.3 Å². The molecular weight excluding hydrogens is 446 g/mol. The first-order chi connectivity index (χ1) is 8.78. The maximum absolute atomic E-state index is 12.3. The van der Waals surface area contributed by atoms with Crippen molar-refractivity contribution < 1.29 is 27.4 Å². The van der Waals surface area contributed by atoms with Crippen molar-refractivity contribution in [1.29, 1.82) is 0 Å². The highest BCUT2D eigenvalue weighted by molar-refractivity contribution is 14.1. The molecule has 0 aromatic carbocycles. The fourth-order valence-electron chi connectivity index (χ4n) is 1.15. The van der Waals surface area contributed by atoms with Crippen molar-refractivity contribution in [2.75, 3.05) is 6.61 Å². The van der Waals surface area contributed by atoms with Crippen LogP contribution in [0.1, 0.15) is 22.8 Å². The molecule has 0 saturated heterocycles. The second kappa shape index (κ2) is 6.73. The van der Waals surface area contributed by atoms with Crippen molar-refractivity contribution in [2.24, 2.45) is 0 Å². The zero-order valence-corrected chi connectivity index (χ0v) is 13.3. The average Bonchev–Trinajstić information content (AvgIpc) is 2.27. The quantitative estimate of drug-likeness (QED) is 0.302. The summed E-state index contributed by atoms with van der Waals surface area (Å²) in [5.41, 5.74) is 0.215. The average molecular weight is 454 g/mol. The van der Waals surface area contributed by atoms with Gasteiger partial charge in [-0.3, -0.25) is 0 Å². The lowest BCUT2D eigenvalue weighted by Crippen LogP contribution is -2.21. The number of carbonyl (C=O) groups excluding carboxylic acids is 1. The van der Waals surface area contributed by atoms with Crippen molar-refractivity contribution >= 4 is 44.5 Å². The van der Waals surface area contributed by atoms with Crippen LogP contribution in [0.2, 0.25) is 0 Å². The molecular formula is C10H8BrF3INO3. The van der Waals surface area contributed by atoms with Gasteiger partial charge in [0.15, 0.2) is 0 Å². The molecule has 1 aromatic heterocycles. The third-order valence-corrected chi connectivity index (χ3v) is 3.40. The maximum Gasteiger partial charge on any atom is 0.574 e. The van der Waals surface area contributed by atoms with E-state index in [4.69, 9.17) is 0 Å². The fraction of sp³-hybridized carbons (Fsp3) is 0.400. The highest BCUT2D eigenvalue weighted by Crippen LogP contribution is 2.28. The summed E-state index contributed by atoms with van der Waals surface area (Å²) in [6, 6.07) is 1.27. The third-order valence-electron chi connectivity index (χ3n) is 1.87. The number of pyridine rings is 1. The number of carbonyl (C=O) groups is 1. The number of halogens is 5. The molecule has 0 spiro atoms. The zero-order valence-electron chi connectivity index (χ0n) is 9.55. The standard InChI is InChI=1S/C10H8BrF3INO3/c1-2-18-9(17)6-3-5(4-11)7(15)16-8(6)19-10(12,13)14/h3H,2,4H2,1H3. The van der Waals surface area contributed by atoms with Crippen LogP contribution < -0.4 is 4.74 Å². The van der Waals surface area contributed by atoms with Crippen LogP contribution in [0.25, 0.3) is 0 Å². The van der Waals surface area contributed by atoms with E-state index in [1.807, 2.05) is 0 Å². The van der Waals surface area contributed by atoms with Gasteiger partial charge < -0.3 is 9.47 Å². The molecule has 106 valence electrons. The number of hydrogen-bond donors (Lipinski definition) is 0. The Labute approximate surface area is 128 Å². The lowest BCUT2D eigenvalue weighted by Gasteiger charge is -2.13. The molecule has 1 heterocycles. The highest BCUT2D eigenvalue weighted by atomic mass is 127. The summed E-state index contributed by atoms with van der Waals surface area (Å²) in [5.74, 6) is -1.71. The van der Waals surface area contributed by atoms with Crippen LogP contribution in [0, 0.1) is 3.70 Å². The van der Waals surface area contributed by atoms with Crippen LogP contribution >= 0.6 is 38.5 Å². The van der Waals surface area contributed by atoms with Gasteiger partial charge in [0.2, 0.25) is 5.88 Å². The Balaban J connectivity index is 3.26. The minimum absolute atomic E-state index is 0.0416. The third kappa shape index (κ3) is 4.79. The Kier molecular flexibility index (Phi) is 5.83. The van der Waals surface area contributed by atoms with E-state index < -0.39 is 18.2 Å². The maximum atomic E-state index is 12.3. The van der Waals surface area contributed by atoms with Crippen LogP contribution in [0.15, 0.2) is 6.07 Å². The molecule has 1 rings (SSSR count). The first-order valence-corrected chi connectivity index (χ1v) is 7.16. The van der Waals surface area contributed by atoms with Gasteiger partial charge in [0.1, 0.15) is 9.26 Å². The van der Waals surface area contributed by atoms with Crippen molar-refractivity contribution in [3.8, 4) is 5.88 Å². The topological polar surface area (TPSA) is 48.4 Å². The smallest absolute Gasteiger partial charge is 0.462 e. The Morgan fingerprint density at radius 3 is 2.63 bits per heavy atom. The fourth-order valence-corrected chi connectivity index (χ4v) is 2.67. The van der Waals surface area contributed by atoms with Gasteiger partial charge in [-0.2, -0.15) is 0 Å². The largest absolute Gasteiger partial charge is 0.574 e. The monoisotopic (exact) mass is 453 g/mol. The molecule has 0 unspecified atom stereocenters. The van der Waals surface area contributed by atoms with Gasteiger partial charge in [0.05, 0.1) is 6.61 Å². The van der Waals surface area contributed by atoms with E-state index in [1.165, 1.54) is 6.07 Å². The molecule has 0 atom stereocenters. The van der Waals surface area contributed by atoms with E-state index in [9.17, 15) is 18.0 Å². The van der Waals surface area contributed by atoms with Crippen LogP contribution in [0.4, 0.5) is 13.2 Å². The van der Waals surface area contributed by atoms with Crippen molar-refractivity contribution in [1.82, 2.24) is 4.98 Å². The summed E-state index contributed by atoms with van der Waals surface area (Å²) in [4.78, 5) is 15.2.